The third-order valence-electron chi connectivity index (χ3n) is 3.68. The number of rotatable bonds is 8. The number of amides is 1. The van der Waals surface area contributed by atoms with Crippen LogP contribution < -0.4 is 10.1 Å². The molecule has 0 aliphatic heterocycles. The van der Waals surface area contributed by atoms with Gasteiger partial charge in [0.2, 0.25) is 0 Å². The molecule has 27 heavy (non-hydrogen) atoms. The predicted molar refractivity (Wildman–Crippen MR) is 105 cm³/mol. The van der Waals surface area contributed by atoms with Gasteiger partial charge in [0.1, 0.15) is 10.8 Å². The summed E-state index contributed by atoms with van der Waals surface area (Å²) in [4.78, 5) is 28.2. The number of ether oxygens (including phenoxy) is 2. The van der Waals surface area contributed by atoms with Crippen LogP contribution in [0.2, 0.25) is 0 Å². The third-order valence-corrected chi connectivity index (χ3v) is 5.30. The molecular weight excluding hydrogens is 384 g/mol. The van der Waals surface area contributed by atoms with Crippen molar-refractivity contribution in [3.63, 3.8) is 0 Å². The fourth-order valence-corrected chi connectivity index (χ4v) is 3.88. The van der Waals surface area contributed by atoms with Crippen molar-refractivity contribution in [3.05, 3.63) is 57.7 Å². The molecule has 3 rings (SSSR count). The number of benzene rings is 1. The molecule has 0 atom stereocenters. The van der Waals surface area contributed by atoms with Gasteiger partial charge in [0.15, 0.2) is 6.61 Å². The van der Waals surface area contributed by atoms with Crippen LogP contribution in [-0.4, -0.2) is 30.6 Å². The molecule has 0 aliphatic rings. The topological polar surface area (TPSA) is 77.5 Å². The van der Waals surface area contributed by atoms with Crippen LogP contribution >= 0.6 is 22.7 Å². The van der Waals surface area contributed by atoms with Gasteiger partial charge in [-0.2, -0.15) is 11.3 Å². The molecule has 0 aliphatic carbocycles. The number of hydrogen-bond donors (Lipinski definition) is 1. The van der Waals surface area contributed by atoms with E-state index in [1.54, 1.807) is 18.4 Å². The van der Waals surface area contributed by atoms with Crippen LogP contribution in [0.25, 0.3) is 10.6 Å². The van der Waals surface area contributed by atoms with Gasteiger partial charge in [-0.05, 0) is 17.5 Å². The highest BCUT2D eigenvalue weighted by Crippen LogP contribution is 2.25. The number of thiazole rings is 1. The van der Waals surface area contributed by atoms with Gasteiger partial charge in [0.05, 0.1) is 19.2 Å². The van der Waals surface area contributed by atoms with E-state index in [0.29, 0.717) is 18.0 Å². The standard InChI is InChI=1S/C19H18N2O4S2/c1-24-16-5-3-2-4-13(16)9-20-17(22)10-25-18(23)8-15-12-27-19(21-15)14-6-7-26-11-14/h2-7,11-12H,8-10H2,1H3,(H,20,22). The van der Waals surface area contributed by atoms with E-state index in [4.69, 9.17) is 9.47 Å². The number of methoxy groups -OCH3 is 1. The van der Waals surface area contributed by atoms with E-state index in [9.17, 15) is 9.59 Å². The van der Waals surface area contributed by atoms with Crippen LogP contribution in [-0.2, 0) is 27.3 Å². The Hall–Kier alpha value is -2.71. The Morgan fingerprint density at radius 2 is 2.04 bits per heavy atom. The average Bonchev–Trinajstić information content (AvgIpc) is 3.36. The maximum Gasteiger partial charge on any atom is 0.312 e. The van der Waals surface area contributed by atoms with Crippen LogP contribution in [0, 0.1) is 0 Å². The minimum Gasteiger partial charge on any atom is -0.496 e. The summed E-state index contributed by atoms with van der Waals surface area (Å²) in [6, 6.07) is 9.38. The van der Waals surface area contributed by atoms with E-state index in [0.717, 1.165) is 16.1 Å². The summed E-state index contributed by atoms with van der Waals surface area (Å²) in [6.07, 6.45) is 0.0421. The van der Waals surface area contributed by atoms with E-state index < -0.39 is 5.97 Å². The second-order valence-electron chi connectivity index (χ2n) is 5.58. The molecule has 1 N–H and O–H groups in total. The molecule has 1 aromatic carbocycles. The molecule has 0 bridgehead atoms. The average molecular weight is 402 g/mol. The van der Waals surface area contributed by atoms with Crippen LogP contribution in [0.15, 0.2) is 46.5 Å². The summed E-state index contributed by atoms with van der Waals surface area (Å²) in [5.41, 5.74) is 2.53. The van der Waals surface area contributed by atoms with Crippen LogP contribution in [0.5, 0.6) is 5.75 Å². The van der Waals surface area contributed by atoms with Crippen molar-refractivity contribution in [2.24, 2.45) is 0 Å². The highest BCUT2D eigenvalue weighted by Gasteiger charge is 2.12. The second-order valence-corrected chi connectivity index (χ2v) is 7.22. The van der Waals surface area contributed by atoms with Gasteiger partial charge in [-0.15, -0.1) is 11.3 Å². The number of carbonyl (C=O) groups is 2. The summed E-state index contributed by atoms with van der Waals surface area (Å²) in [6.45, 7) is -0.0218. The minimum absolute atomic E-state index is 0.0421. The second kappa shape index (κ2) is 9.29. The first-order valence-electron chi connectivity index (χ1n) is 8.17. The Morgan fingerprint density at radius 3 is 2.81 bits per heavy atom. The van der Waals surface area contributed by atoms with E-state index in [2.05, 4.69) is 10.3 Å². The molecule has 3 aromatic rings. The smallest absolute Gasteiger partial charge is 0.312 e. The van der Waals surface area contributed by atoms with Gasteiger partial charge in [-0.1, -0.05) is 18.2 Å². The number of nitrogens with one attached hydrogen (secondary N) is 1. The zero-order valence-corrected chi connectivity index (χ0v) is 16.3. The highest BCUT2D eigenvalue weighted by molar-refractivity contribution is 7.14. The molecule has 0 saturated heterocycles. The van der Waals surface area contributed by atoms with Gasteiger partial charge < -0.3 is 14.8 Å². The first kappa shape index (κ1) is 19.1. The molecule has 140 valence electrons. The lowest BCUT2D eigenvalue weighted by Crippen LogP contribution is -2.28. The number of hydrogen-bond acceptors (Lipinski definition) is 7. The predicted octanol–water partition coefficient (Wildman–Crippen LogP) is 3.28. The quantitative estimate of drug-likeness (QED) is 0.585. The van der Waals surface area contributed by atoms with Crippen molar-refractivity contribution in [2.45, 2.75) is 13.0 Å². The summed E-state index contributed by atoms with van der Waals surface area (Å²) < 4.78 is 10.3. The van der Waals surface area contributed by atoms with E-state index in [-0.39, 0.29) is 18.9 Å². The lowest BCUT2D eigenvalue weighted by atomic mass is 10.2. The summed E-state index contributed by atoms with van der Waals surface area (Å²) in [7, 11) is 1.57. The van der Waals surface area contributed by atoms with Crippen molar-refractivity contribution in [1.82, 2.24) is 10.3 Å². The Bertz CT molecular complexity index is 906. The Kier molecular flexibility index (Phi) is 6.56. The zero-order chi connectivity index (χ0) is 19.1. The molecule has 0 fully saturated rings. The van der Waals surface area contributed by atoms with Gasteiger partial charge in [0.25, 0.3) is 5.91 Å². The molecule has 2 aromatic heterocycles. The Morgan fingerprint density at radius 1 is 1.19 bits per heavy atom. The number of esters is 1. The maximum absolute atomic E-state index is 11.9. The van der Waals surface area contributed by atoms with Gasteiger partial charge in [-0.3, -0.25) is 9.59 Å². The normalized spacial score (nSPS) is 10.4. The van der Waals surface area contributed by atoms with Crippen molar-refractivity contribution >= 4 is 34.6 Å². The van der Waals surface area contributed by atoms with Crippen molar-refractivity contribution in [2.75, 3.05) is 13.7 Å². The first-order valence-corrected chi connectivity index (χ1v) is 9.99. The van der Waals surface area contributed by atoms with Crippen molar-refractivity contribution in [3.8, 4) is 16.3 Å². The van der Waals surface area contributed by atoms with Crippen LogP contribution in [0.1, 0.15) is 11.3 Å². The lowest BCUT2D eigenvalue weighted by Gasteiger charge is -2.09. The monoisotopic (exact) mass is 402 g/mol. The summed E-state index contributed by atoms with van der Waals surface area (Å²) in [5, 5.41) is 9.39. The molecule has 2 heterocycles. The van der Waals surface area contributed by atoms with Crippen molar-refractivity contribution < 1.29 is 19.1 Å². The van der Waals surface area contributed by atoms with Gasteiger partial charge >= 0.3 is 5.97 Å². The first-order chi connectivity index (χ1) is 13.2. The molecule has 0 radical (unpaired) electrons. The molecule has 6 nitrogen and oxygen atoms in total. The highest BCUT2D eigenvalue weighted by atomic mass is 32.1. The molecule has 8 heteroatoms. The van der Waals surface area contributed by atoms with Crippen LogP contribution in [0.4, 0.5) is 0 Å². The Labute approximate surface area is 164 Å². The summed E-state index contributed by atoms with van der Waals surface area (Å²) >= 11 is 3.08. The van der Waals surface area contributed by atoms with Crippen molar-refractivity contribution in [1.29, 1.82) is 0 Å². The summed E-state index contributed by atoms with van der Waals surface area (Å²) in [5.74, 6) is -0.157. The number of nitrogens with zero attached hydrogens (tertiary/aromatic N) is 1. The number of thiophene rings is 1. The number of aromatic nitrogens is 1. The van der Waals surface area contributed by atoms with E-state index in [1.807, 2.05) is 46.5 Å². The van der Waals surface area contributed by atoms with Crippen LogP contribution in [0.3, 0.4) is 0 Å². The number of para-hydroxylation sites is 1. The SMILES string of the molecule is COc1ccccc1CNC(=O)COC(=O)Cc1csc(-c2ccsc2)n1. The zero-order valence-electron chi connectivity index (χ0n) is 14.6. The van der Waals surface area contributed by atoms with Gasteiger partial charge in [0, 0.05) is 28.4 Å². The van der Waals surface area contributed by atoms with E-state index >= 15 is 0 Å². The lowest BCUT2D eigenvalue weighted by molar-refractivity contribution is -0.147. The molecule has 0 spiro atoms. The molecular formula is C19H18N2O4S2. The minimum atomic E-state index is -0.482. The Balaban J connectivity index is 1.43. The molecule has 0 saturated carbocycles. The fraction of sp³-hybridized carbons (Fsp3) is 0.211. The number of carbonyl (C=O) groups excluding carboxylic acids is 2. The molecule has 1 amide bonds. The van der Waals surface area contributed by atoms with E-state index in [1.165, 1.54) is 11.3 Å². The van der Waals surface area contributed by atoms with Gasteiger partial charge in [-0.25, -0.2) is 4.98 Å². The third kappa shape index (κ3) is 5.38. The molecule has 0 unspecified atom stereocenters. The fourth-order valence-electron chi connectivity index (χ4n) is 2.35. The maximum atomic E-state index is 11.9. The largest absolute Gasteiger partial charge is 0.496 e.